The van der Waals surface area contributed by atoms with Crippen molar-refractivity contribution in [2.75, 3.05) is 17.7 Å². The van der Waals surface area contributed by atoms with Crippen LogP contribution in [0, 0.1) is 0 Å². The molecule has 0 aliphatic carbocycles. The number of rotatable bonds is 5. The molecule has 1 aliphatic heterocycles. The summed E-state index contributed by atoms with van der Waals surface area (Å²) < 4.78 is 7.04. The molecule has 3 N–H and O–H groups in total. The van der Waals surface area contributed by atoms with Gasteiger partial charge in [0.1, 0.15) is 17.5 Å². The van der Waals surface area contributed by atoms with Crippen LogP contribution in [0.4, 0.5) is 11.6 Å². The topological polar surface area (TPSA) is 101 Å². The summed E-state index contributed by atoms with van der Waals surface area (Å²) in [5.74, 6) is 1.26. The molecule has 1 aromatic heterocycles. The summed E-state index contributed by atoms with van der Waals surface area (Å²) in [5, 5.41) is 21.7. The van der Waals surface area contributed by atoms with Crippen LogP contribution < -0.4 is 15.4 Å². The second-order valence-electron chi connectivity index (χ2n) is 8.03. The zero-order valence-corrected chi connectivity index (χ0v) is 19.7. The molecule has 8 nitrogen and oxygen atoms in total. The highest BCUT2D eigenvalue weighted by atomic mass is 35.5. The highest BCUT2D eigenvalue weighted by Crippen LogP contribution is 2.38. The maximum Gasteiger partial charge on any atom is 0.255 e. The van der Waals surface area contributed by atoms with Crippen molar-refractivity contribution in [3.05, 3.63) is 94.7 Å². The van der Waals surface area contributed by atoms with Crippen LogP contribution in [-0.4, -0.2) is 32.9 Å². The van der Waals surface area contributed by atoms with Gasteiger partial charge in [0.05, 0.1) is 18.4 Å². The molecule has 1 unspecified atom stereocenters. The number of para-hydroxylation sites is 2. The summed E-state index contributed by atoms with van der Waals surface area (Å²) in [5.41, 5.74) is 3.06. The minimum absolute atomic E-state index is 0.0859. The standard InChI is InChI=1S/C26H22ClN5O3/c1-15-22(25(34)29-20-8-3-4-9-21(20)35-2)23(17-6-5-7-19(33)14-17)32-26(28-15)30-24(31-32)16-10-12-18(27)13-11-16/h3-14,23,33H,1-2H3,(H,29,34)(H,28,30,31). The molecular formula is C26H22ClN5O3. The lowest BCUT2D eigenvalue weighted by molar-refractivity contribution is -0.113. The van der Waals surface area contributed by atoms with Gasteiger partial charge in [-0.15, -0.1) is 5.10 Å². The number of fused-ring (bicyclic) bond motifs is 1. The summed E-state index contributed by atoms with van der Waals surface area (Å²) in [6.07, 6.45) is 0. The summed E-state index contributed by atoms with van der Waals surface area (Å²) in [7, 11) is 1.55. The van der Waals surface area contributed by atoms with Gasteiger partial charge in [0, 0.05) is 16.3 Å². The molecule has 35 heavy (non-hydrogen) atoms. The Labute approximate surface area is 206 Å². The van der Waals surface area contributed by atoms with E-state index in [4.69, 9.17) is 21.4 Å². The number of nitrogens with zero attached hydrogens (tertiary/aromatic N) is 3. The van der Waals surface area contributed by atoms with Crippen molar-refractivity contribution in [1.29, 1.82) is 0 Å². The molecular weight excluding hydrogens is 466 g/mol. The first-order chi connectivity index (χ1) is 16.9. The first-order valence-corrected chi connectivity index (χ1v) is 11.3. The highest BCUT2D eigenvalue weighted by Gasteiger charge is 2.35. The molecule has 4 aromatic rings. The van der Waals surface area contributed by atoms with Gasteiger partial charge in [-0.2, -0.15) is 4.98 Å². The molecule has 5 rings (SSSR count). The molecule has 0 saturated carbocycles. The zero-order chi connectivity index (χ0) is 24.5. The summed E-state index contributed by atoms with van der Waals surface area (Å²) in [6, 6.07) is 20.5. The molecule has 9 heteroatoms. The van der Waals surface area contributed by atoms with E-state index >= 15 is 0 Å². The molecule has 0 spiro atoms. The van der Waals surface area contributed by atoms with Crippen molar-refractivity contribution < 1.29 is 14.6 Å². The Morgan fingerprint density at radius 1 is 1.11 bits per heavy atom. The van der Waals surface area contributed by atoms with Crippen LogP contribution >= 0.6 is 11.6 Å². The fraction of sp³-hybridized carbons (Fsp3) is 0.115. The van der Waals surface area contributed by atoms with Crippen LogP contribution in [0.5, 0.6) is 11.5 Å². The molecule has 176 valence electrons. The quantitative estimate of drug-likeness (QED) is 0.356. The summed E-state index contributed by atoms with van der Waals surface area (Å²) >= 11 is 6.04. The number of halogens is 1. The van der Waals surface area contributed by atoms with Crippen LogP contribution in [0.1, 0.15) is 18.5 Å². The third-order valence-corrected chi connectivity index (χ3v) is 5.99. The molecule has 0 bridgehead atoms. The van der Waals surface area contributed by atoms with Gasteiger partial charge in [0.2, 0.25) is 5.95 Å². The van der Waals surface area contributed by atoms with Gasteiger partial charge in [-0.3, -0.25) is 4.79 Å². The molecule has 1 atom stereocenters. The van der Waals surface area contributed by atoms with Gasteiger partial charge < -0.3 is 20.5 Å². The number of allylic oxidation sites excluding steroid dienone is 1. The second-order valence-corrected chi connectivity index (χ2v) is 8.46. The Bertz CT molecular complexity index is 1450. The van der Waals surface area contributed by atoms with E-state index in [1.165, 1.54) is 0 Å². The number of carbonyl (C=O) groups is 1. The fourth-order valence-electron chi connectivity index (χ4n) is 4.11. The number of benzene rings is 3. The van der Waals surface area contributed by atoms with Crippen molar-refractivity contribution in [3.8, 4) is 22.9 Å². The Balaban J connectivity index is 1.60. The molecule has 1 amide bonds. The van der Waals surface area contributed by atoms with Crippen LogP contribution in [-0.2, 0) is 4.79 Å². The van der Waals surface area contributed by atoms with E-state index in [0.717, 1.165) is 5.56 Å². The maximum atomic E-state index is 13.6. The van der Waals surface area contributed by atoms with E-state index in [9.17, 15) is 9.90 Å². The predicted molar refractivity (Wildman–Crippen MR) is 135 cm³/mol. The van der Waals surface area contributed by atoms with Crippen LogP contribution in [0.2, 0.25) is 5.02 Å². The molecule has 2 heterocycles. The summed E-state index contributed by atoms with van der Waals surface area (Å²) in [4.78, 5) is 18.3. The average molecular weight is 488 g/mol. The van der Waals surface area contributed by atoms with E-state index in [2.05, 4.69) is 15.6 Å². The number of anilines is 2. The normalized spacial score (nSPS) is 14.8. The number of hydrogen-bond acceptors (Lipinski definition) is 6. The Hall–Kier alpha value is -4.30. The van der Waals surface area contributed by atoms with Crippen molar-refractivity contribution >= 4 is 29.1 Å². The van der Waals surface area contributed by atoms with Crippen molar-refractivity contribution in [1.82, 2.24) is 14.8 Å². The molecule has 0 fully saturated rings. The van der Waals surface area contributed by atoms with E-state index in [1.807, 2.05) is 37.3 Å². The maximum absolute atomic E-state index is 13.6. The van der Waals surface area contributed by atoms with Crippen LogP contribution in [0.25, 0.3) is 11.4 Å². The lowest BCUT2D eigenvalue weighted by atomic mass is 9.95. The highest BCUT2D eigenvalue weighted by molar-refractivity contribution is 6.30. The monoisotopic (exact) mass is 487 g/mol. The van der Waals surface area contributed by atoms with Crippen molar-refractivity contribution in [3.63, 3.8) is 0 Å². The smallest absolute Gasteiger partial charge is 0.255 e. The number of nitrogens with one attached hydrogen (secondary N) is 2. The number of aromatic nitrogens is 3. The van der Waals surface area contributed by atoms with Crippen molar-refractivity contribution in [2.24, 2.45) is 0 Å². The van der Waals surface area contributed by atoms with Crippen LogP contribution in [0.15, 0.2) is 84.1 Å². The Kier molecular flexibility index (Phi) is 5.88. The van der Waals surface area contributed by atoms with Gasteiger partial charge in [-0.1, -0.05) is 35.9 Å². The minimum atomic E-state index is -0.637. The number of phenols is 1. The largest absolute Gasteiger partial charge is 0.508 e. The van der Waals surface area contributed by atoms with Crippen molar-refractivity contribution in [2.45, 2.75) is 13.0 Å². The average Bonchev–Trinajstić information content (AvgIpc) is 3.27. The SMILES string of the molecule is COc1ccccc1NC(=O)C1=C(C)Nc2nc(-c3ccc(Cl)cc3)nn2C1c1cccc(O)c1. The Morgan fingerprint density at radius 3 is 2.63 bits per heavy atom. The van der Waals surface area contributed by atoms with Gasteiger partial charge in [-0.25, -0.2) is 4.68 Å². The molecule has 1 aliphatic rings. The number of ether oxygens (including phenoxy) is 1. The third-order valence-electron chi connectivity index (χ3n) is 5.74. The van der Waals surface area contributed by atoms with E-state index in [1.54, 1.807) is 54.3 Å². The number of phenolic OH excluding ortho intramolecular Hbond substituents is 1. The molecule has 0 radical (unpaired) electrons. The fourth-order valence-corrected chi connectivity index (χ4v) is 4.23. The molecule has 3 aromatic carbocycles. The van der Waals surface area contributed by atoms with Gasteiger partial charge in [-0.05, 0) is 61.0 Å². The zero-order valence-electron chi connectivity index (χ0n) is 19.0. The minimum Gasteiger partial charge on any atom is -0.508 e. The number of hydrogen-bond donors (Lipinski definition) is 3. The predicted octanol–water partition coefficient (Wildman–Crippen LogP) is 5.24. The second kappa shape index (κ2) is 9.15. The first kappa shape index (κ1) is 22.5. The lowest BCUT2D eigenvalue weighted by Crippen LogP contribution is -2.31. The van der Waals surface area contributed by atoms with Gasteiger partial charge in [0.15, 0.2) is 5.82 Å². The lowest BCUT2D eigenvalue weighted by Gasteiger charge is -2.29. The third kappa shape index (κ3) is 4.31. The van der Waals surface area contributed by atoms with Gasteiger partial charge >= 0.3 is 0 Å². The number of methoxy groups -OCH3 is 1. The number of aromatic hydroxyl groups is 1. The van der Waals surface area contributed by atoms with E-state index < -0.39 is 6.04 Å². The number of amides is 1. The summed E-state index contributed by atoms with van der Waals surface area (Å²) in [6.45, 7) is 1.81. The van der Waals surface area contributed by atoms with Crippen LogP contribution in [0.3, 0.4) is 0 Å². The number of carbonyl (C=O) groups excluding carboxylic acids is 1. The first-order valence-electron chi connectivity index (χ1n) is 10.9. The molecule has 0 saturated heterocycles. The Morgan fingerprint density at radius 2 is 1.89 bits per heavy atom. The van der Waals surface area contributed by atoms with E-state index in [-0.39, 0.29) is 11.7 Å². The van der Waals surface area contributed by atoms with Gasteiger partial charge in [0.25, 0.3) is 5.91 Å². The van der Waals surface area contributed by atoms with E-state index in [0.29, 0.717) is 45.1 Å².